The summed E-state index contributed by atoms with van der Waals surface area (Å²) in [5, 5.41) is 3.89. The number of hydrogen-bond donors (Lipinski definition) is 0. The third-order valence-electron chi connectivity index (χ3n) is 4.91. The second-order valence-electron chi connectivity index (χ2n) is 6.71. The summed E-state index contributed by atoms with van der Waals surface area (Å²) in [6.45, 7) is 1.89. The first-order valence-corrected chi connectivity index (χ1v) is 9.13. The fraction of sp³-hybridized carbons (Fsp3) is 0.368. The summed E-state index contributed by atoms with van der Waals surface area (Å²) in [5.74, 6) is -0.850. The van der Waals surface area contributed by atoms with Crippen LogP contribution in [0.4, 0.5) is 8.78 Å². The van der Waals surface area contributed by atoms with Gasteiger partial charge < -0.3 is 4.52 Å². The third-order valence-corrected chi connectivity index (χ3v) is 4.91. The first-order chi connectivity index (χ1) is 13.5. The Morgan fingerprint density at radius 1 is 1.21 bits per heavy atom. The molecule has 1 aliphatic rings. The molecule has 7 nitrogen and oxygen atoms in total. The first-order valence-electron chi connectivity index (χ1n) is 9.13. The van der Waals surface area contributed by atoms with Gasteiger partial charge in [0.25, 0.3) is 5.56 Å². The molecule has 3 aromatic rings. The van der Waals surface area contributed by atoms with E-state index in [1.165, 1.54) is 4.57 Å². The van der Waals surface area contributed by atoms with E-state index in [0.29, 0.717) is 31.0 Å². The van der Waals surface area contributed by atoms with Crippen molar-refractivity contribution >= 4 is 0 Å². The van der Waals surface area contributed by atoms with Gasteiger partial charge in [-0.25, -0.2) is 13.6 Å². The second kappa shape index (κ2) is 7.14. The smallest absolute Gasteiger partial charge is 0.331 e. The molecular weight excluding hydrogens is 370 g/mol. The van der Waals surface area contributed by atoms with Gasteiger partial charge in [0, 0.05) is 24.2 Å². The Hall–Kier alpha value is -3.10. The van der Waals surface area contributed by atoms with Crippen LogP contribution in [0.2, 0.25) is 0 Å². The summed E-state index contributed by atoms with van der Waals surface area (Å²) in [4.78, 5) is 30.3. The molecule has 0 fully saturated rings. The molecule has 0 aliphatic carbocycles. The molecule has 0 bridgehead atoms. The molecule has 4 rings (SSSR count). The number of halogens is 2. The summed E-state index contributed by atoms with van der Waals surface area (Å²) in [6, 6.07) is 2.94. The predicted molar refractivity (Wildman–Crippen MR) is 96.0 cm³/mol. The van der Waals surface area contributed by atoms with Crippen LogP contribution in [0, 0.1) is 11.6 Å². The largest absolute Gasteiger partial charge is 0.339 e. The van der Waals surface area contributed by atoms with Gasteiger partial charge in [-0.2, -0.15) is 4.98 Å². The van der Waals surface area contributed by atoms with Crippen molar-refractivity contribution in [1.82, 2.24) is 19.3 Å². The lowest BCUT2D eigenvalue weighted by Crippen LogP contribution is -2.44. The molecule has 0 saturated heterocycles. The number of nitrogens with zero attached hydrogens (tertiary/aromatic N) is 4. The second-order valence-corrected chi connectivity index (χ2v) is 6.71. The minimum absolute atomic E-state index is 0.0798. The van der Waals surface area contributed by atoms with Crippen LogP contribution in [-0.2, 0) is 25.9 Å². The minimum atomic E-state index is -0.690. The lowest BCUT2D eigenvalue weighted by molar-refractivity contribution is 0.382. The highest BCUT2D eigenvalue weighted by molar-refractivity contribution is 5.56. The van der Waals surface area contributed by atoms with Gasteiger partial charge in [-0.3, -0.25) is 13.9 Å². The monoisotopic (exact) mass is 388 g/mol. The normalized spacial score (nSPS) is 13.5. The molecule has 9 heteroatoms. The Morgan fingerprint density at radius 3 is 2.79 bits per heavy atom. The Labute approximate surface area is 158 Å². The maximum atomic E-state index is 14.1. The van der Waals surface area contributed by atoms with Gasteiger partial charge in [0.2, 0.25) is 11.7 Å². The molecular formula is C19H18F2N4O3. The summed E-state index contributed by atoms with van der Waals surface area (Å²) in [5.41, 5.74) is -0.527. The van der Waals surface area contributed by atoms with Gasteiger partial charge in [-0.1, -0.05) is 12.1 Å². The lowest BCUT2D eigenvalue weighted by Gasteiger charge is -2.22. The molecule has 28 heavy (non-hydrogen) atoms. The molecule has 1 aromatic carbocycles. The topological polar surface area (TPSA) is 82.9 Å². The van der Waals surface area contributed by atoms with E-state index < -0.39 is 22.9 Å². The summed E-state index contributed by atoms with van der Waals surface area (Å²) >= 11 is 0. The zero-order chi connectivity index (χ0) is 19.8. The molecule has 1 aliphatic heterocycles. The van der Waals surface area contributed by atoms with Crippen LogP contribution < -0.4 is 11.2 Å². The molecule has 0 N–H and O–H groups in total. The van der Waals surface area contributed by atoms with Crippen LogP contribution in [0.25, 0.3) is 11.4 Å². The Morgan fingerprint density at radius 2 is 2.04 bits per heavy atom. The molecule has 2 aromatic heterocycles. The van der Waals surface area contributed by atoms with Crippen molar-refractivity contribution in [2.24, 2.45) is 0 Å². The Bertz CT molecular complexity index is 1160. The zero-order valence-corrected chi connectivity index (χ0v) is 15.2. The SMILES string of the molecule is CCc1nc(-c2c3n(c(=O)n(Cc4cc(F)ccc4F)c2=O)CCCC3)no1. The van der Waals surface area contributed by atoms with Crippen molar-refractivity contribution in [3.05, 3.63) is 67.8 Å². The van der Waals surface area contributed by atoms with E-state index in [4.69, 9.17) is 4.52 Å². The highest BCUT2D eigenvalue weighted by atomic mass is 19.1. The minimum Gasteiger partial charge on any atom is -0.339 e. The van der Waals surface area contributed by atoms with Crippen molar-refractivity contribution in [3.8, 4) is 11.4 Å². The average molecular weight is 388 g/mol. The van der Waals surface area contributed by atoms with Gasteiger partial charge in [0.05, 0.1) is 6.54 Å². The van der Waals surface area contributed by atoms with Gasteiger partial charge in [0.1, 0.15) is 17.2 Å². The predicted octanol–water partition coefficient (Wildman–Crippen LogP) is 2.29. The molecule has 0 spiro atoms. The molecule has 146 valence electrons. The number of aromatic nitrogens is 4. The van der Waals surface area contributed by atoms with Crippen LogP contribution in [-0.4, -0.2) is 19.3 Å². The quantitative estimate of drug-likeness (QED) is 0.685. The van der Waals surface area contributed by atoms with E-state index in [9.17, 15) is 18.4 Å². The van der Waals surface area contributed by atoms with Gasteiger partial charge in [-0.15, -0.1) is 0 Å². The Balaban J connectivity index is 1.94. The standard InChI is InChI=1S/C19H18F2N4O3/c1-2-15-22-17(23-28-15)16-14-5-3-4-8-24(14)19(27)25(18(16)26)10-11-9-12(20)6-7-13(11)21/h6-7,9H,2-5,8,10H2,1H3. The maximum Gasteiger partial charge on any atom is 0.331 e. The fourth-order valence-electron chi connectivity index (χ4n) is 3.49. The van der Waals surface area contributed by atoms with Crippen LogP contribution in [0.1, 0.15) is 36.9 Å². The highest BCUT2D eigenvalue weighted by Crippen LogP contribution is 2.22. The van der Waals surface area contributed by atoms with E-state index in [1.807, 2.05) is 6.92 Å². The highest BCUT2D eigenvalue weighted by Gasteiger charge is 2.26. The van der Waals surface area contributed by atoms with E-state index in [-0.39, 0.29) is 23.5 Å². The number of aryl methyl sites for hydroxylation is 1. The van der Waals surface area contributed by atoms with Gasteiger partial charge in [0.15, 0.2) is 0 Å². The average Bonchev–Trinajstić information content (AvgIpc) is 3.16. The van der Waals surface area contributed by atoms with Crippen LogP contribution >= 0.6 is 0 Å². The molecule has 0 unspecified atom stereocenters. The molecule has 0 radical (unpaired) electrons. The van der Waals surface area contributed by atoms with Crippen molar-refractivity contribution in [3.63, 3.8) is 0 Å². The Kier molecular flexibility index (Phi) is 4.66. The van der Waals surface area contributed by atoms with E-state index in [2.05, 4.69) is 10.1 Å². The van der Waals surface area contributed by atoms with E-state index >= 15 is 0 Å². The zero-order valence-electron chi connectivity index (χ0n) is 15.2. The van der Waals surface area contributed by atoms with E-state index in [1.54, 1.807) is 0 Å². The maximum absolute atomic E-state index is 14.1. The number of fused-ring (bicyclic) bond motifs is 1. The van der Waals surface area contributed by atoms with Gasteiger partial charge >= 0.3 is 5.69 Å². The molecule has 0 amide bonds. The van der Waals surface area contributed by atoms with E-state index in [0.717, 1.165) is 35.6 Å². The fourth-order valence-corrected chi connectivity index (χ4v) is 3.49. The third kappa shape index (κ3) is 3.06. The first kappa shape index (κ1) is 18.3. The van der Waals surface area contributed by atoms with Crippen molar-refractivity contribution in [2.75, 3.05) is 0 Å². The van der Waals surface area contributed by atoms with Crippen LogP contribution in [0.3, 0.4) is 0 Å². The number of rotatable bonds is 4. The lowest BCUT2D eigenvalue weighted by atomic mass is 10.0. The summed E-state index contributed by atoms with van der Waals surface area (Å²) in [7, 11) is 0. The molecule has 0 saturated carbocycles. The molecule has 0 atom stereocenters. The summed E-state index contributed by atoms with van der Waals surface area (Å²) in [6.07, 6.45) is 2.65. The number of benzene rings is 1. The van der Waals surface area contributed by atoms with Crippen molar-refractivity contribution in [1.29, 1.82) is 0 Å². The van der Waals surface area contributed by atoms with Gasteiger partial charge in [-0.05, 0) is 37.5 Å². The number of hydrogen-bond acceptors (Lipinski definition) is 5. The van der Waals surface area contributed by atoms with Crippen molar-refractivity contribution < 1.29 is 13.3 Å². The summed E-state index contributed by atoms with van der Waals surface area (Å²) < 4.78 is 35.2. The van der Waals surface area contributed by atoms with Crippen LogP contribution in [0.15, 0.2) is 32.3 Å². The molecule has 3 heterocycles. The van der Waals surface area contributed by atoms with Crippen LogP contribution in [0.5, 0.6) is 0 Å². The van der Waals surface area contributed by atoms with Crippen molar-refractivity contribution in [2.45, 2.75) is 45.7 Å².